The highest BCUT2D eigenvalue weighted by molar-refractivity contribution is 5.04. The Bertz CT molecular complexity index is 479. The summed E-state index contributed by atoms with van der Waals surface area (Å²) in [5.41, 5.74) is 2.51. The molecule has 1 aliphatic rings. The van der Waals surface area contributed by atoms with Crippen LogP contribution < -0.4 is 10.6 Å². The molecule has 0 aliphatic heterocycles. The zero-order valence-electron chi connectivity index (χ0n) is 25.7. The van der Waals surface area contributed by atoms with Gasteiger partial charge in [0, 0.05) is 23.5 Å². The van der Waals surface area contributed by atoms with Gasteiger partial charge in [-0.05, 0) is 44.9 Å². The summed E-state index contributed by atoms with van der Waals surface area (Å²) in [4.78, 5) is 0. The van der Waals surface area contributed by atoms with Crippen LogP contribution in [0.5, 0.6) is 0 Å². The molecule has 218 valence electrons. The zero-order valence-corrected chi connectivity index (χ0v) is 25.7. The van der Waals surface area contributed by atoms with Crippen LogP contribution in [0.15, 0.2) is 24.6 Å². The van der Waals surface area contributed by atoms with Gasteiger partial charge in [0.1, 0.15) is 0 Å². The molecule has 1 fully saturated rings. The molecule has 0 spiro atoms. The van der Waals surface area contributed by atoms with Gasteiger partial charge in [0.15, 0.2) is 0 Å². The number of hydrogen-bond acceptors (Lipinski definition) is 2. The fraction of sp³-hybridized carbons (Fsp3) is 0.886. The summed E-state index contributed by atoms with van der Waals surface area (Å²) in [6.45, 7) is 13.3. The predicted octanol–water partition coefficient (Wildman–Crippen LogP) is 11.5. The Hall–Kier alpha value is -0.920. The average molecular weight is 517 g/mol. The summed E-state index contributed by atoms with van der Waals surface area (Å²) >= 11 is 0. The van der Waals surface area contributed by atoms with Gasteiger partial charge >= 0.3 is 0 Å². The van der Waals surface area contributed by atoms with Crippen molar-refractivity contribution in [3.05, 3.63) is 24.6 Å². The number of hydrogen-bond donors (Lipinski definition) is 2. The second kappa shape index (κ2) is 25.4. The first-order valence-electron chi connectivity index (χ1n) is 17.1. The molecule has 0 aromatic carbocycles. The van der Waals surface area contributed by atoms with Crippen molar-refractivity contribution in [1.82, 2.24) is 10.6 Å². The van der Waals surface area contributed by atoms with E-state index in [4.69, 9.17) is 0 Å². The summed E-state index contributed by atoms with van der Waals surface area (Å²) in [7, 11) is 0. The van der Waals surface area contributed by atoms with Crippen molar-refractivity contribution >= 4 is 0 Å². The van der Waals surface area contributed by atoms with Crippen molar-refractivity contribution in [3.8, 4) is 0 Å². The molecule has 0 saturated heterocycles. The van der Waals surface area contributed by atoms with E-state index in [0.29, 0.717) is 12.1 Å². The molecule has 1 rings (SSSR count). The fourth-order valence-corrected chi connectivity index (χ4v) is 5.98. The number of allylic oxidation sites excluding steroid dienone is 2. The van der Waals surface area contributed by atoms with Gasteiger partial charge in [-0.2, -0.15) is 0 Å². The second-order valence-electron chi connectivity index (χ2n) is 12.2. The molecule has 0 unspecified atom stereocenters. The minimum atomic E-state index is 0.536. The summed E-state index contributed by atoms with van der Waals surface area (Å²) in [6.07, 6.45) is 37.0. The SMILES string of the molecule is C=C(CCCCCCCCCCCCC)N[C@H]1CCC[C@H]1NC(=C)CCCCCCCCCCCCC. The Balaban J connectivity index is 1.98. The van der Waals surface area contributed by atoms with Crippen molar-refractivity contribution in [2.45, 2.75) is 199 Å². The summed E-state index contributed by atoms with van der Waals surface area (Å²) < 4.78 is 0. The van der Waals surface area contributed by atoms with Crippen LogP contribution in [0.2, 0.25) is 0 Å². The van der Waals surface area contributed by atoms with Crippen LogP contribution in [0, 0.1) is 0 Å². The molecule has 0 aromatic heterocycles. The van der Waals surface area contributed by atoms with E-state index in [9.17, 15) is 0 Å². The van der Waals surface area contributed by atoms with E-state index in [-0.39, 0.29) is 0 Å². The summed E-state index contributed by atoms with van der Waals surface area (Å²) in [5.74, 6) is 0. The Kier molecular flexibility index (Phi) is 23.4. The van der Waals surface area contributed by atoms with E-state index < -0.39 is 0 Å². The molecular weight excluding hydrogens is 448 g/mol. The highest BCUT2D eigenvalue weighted by atomic mass is 15.0. The monoisotopic (exact) mass is 517 g/mol. The number of nitrogens with one attached hydrogen (secondary N) is 2. The Morgan fingerprint density at radius 2 is 0.730 bits per heavy atom. The maximum Gasteiger partial charge on any atom is 0.0459 e. The van der Waals surface area contributed by atoms with E-state index in [1.54, 1.807) is 0 Å². The third-order valence-corrected chi connectivity index (χ3v) is 8.46. The minimum absolute atomic E-state index is 0.536. The van der Waals surface area contributed by atoms with Crippen LogP contribution in [0.3, 0.4) is 0 Å². The van der Waals surface area contributed by atoms with Crippen molar-refractivity contribution in [1.29, 1.82) is 0 Å². The van der Waals surface area contributed by atoms with Crippen LogP contribution in [0.1, 0.15) is 187 Å². The molecule has 1 saturated carbocycles. The van der Waals surface area contributed by atoms with Crippen LogP contribution in [-0.4, -0.2) is 12.1 Å². The number of unbranched alkanes of at least 4 members (excludes halogenated alkanes) is 20. The molecule has 0 radical (unpaired) electrons. The topological polar surface area (TPSA) is 24.1 Å². The van der Waals surface area contributed by atoms with Gasteiger partial charge in [-0.15, -0.1) is 0 Å². The lowest BCUT2D eigenvalue weighted by atomic mass is 10.0. The van der Waals surface area contributed by atoms with E-state index in [0.717, 1.165) is 12.8 Å². The maximum atomic E-state index is 4.36. The molecule has 2 heteroatoms. The first-order chi connectivity index (χ1) is 18.2. The highest BCUT2D eigenvalue weighted by Crippen LogP contribution is 2.23. The lowest BCUT2D eigenvalue weighted by Crippen LogP contribution is -2.43. The van der Waals surface area contributed by atoms with Gasteiger partial charge < -0.3 is 10.6 Å². The van der Waals surface area contributed by atoms with Gasteiger partial charge in [-0.3, -0.25) is 0 Å². The van der Waals surface area contributed by atoms with Gasteiger partial charge in [-0.25, -0.2) is 0 Å². The molecule has 0 heterocycles. The van der Waals surface area contributed by atoms with Gasteiger partial charge in [0.05, 0.1) is 0 Å². The van der Waals surface area contributed by atoms with Gasteiger partial charge in [0.2, 0.25) is 0 Å². The lowest BCUT2D eigenvalue weighted by molar-refractivity contribution is 0.448. The molecule has 0 bridgehead atoms. The largest absolute Gasteiger partial charge is 0.384 e. The molecule has 2 atom stereocenters. The van der Waals surface area contributed by atoms with Crippen LogP contribution in [0.4, 0.5) is 0 Å². The smallest absolute Gasteiger partial charge is 0.0459 e. The normalized spacial score (nSPS) is 17.2. The van der Waals surface area contributed by atoms with Crippen LogP contribution in [-0.2, 0) is 0 Å². The van der Waals surface area contributed by atoms with Gasteiger partial charge in [0.25, 0.3) is 0 Å². The van der Waals surface area contributed by atoms with Crippen molar-refractivity contribution in [2.24, 2.45) is 0 Å². The van der Waals surface area contributed by atoms with Crippen molar-refractivity contribution in [3.63, 3.8) is 0 Å². The molecule has 1 aliphatic carbocycles. The Morgan fingerprint density at radius 3 is 1.03 bits per heavy atom. The maximum absolute atomic E-state index is 4.36. The van der Waals surface area contributed by atoms with E-state index >= 15 is 0 Å². The fourth-order valence-electron chi connectivity index (χ4n) is 5.98. The van der Waals surface area contributed by atoms with E-state index in [1.165, 1.54) is 172 Å². The average Bonchev–Trinajstić information content (AvgIpc) is 3.31. The van der Waals surface area contributed by atoms with E-state index in [1.807, 2.05) is 0 Å². The number of rotatable bonds is 28. The van der Waals surface area contributed by atoms with Gasteiger partial charge in [-0.1, -0.05) is 155 Å². The molecule has 0 aromatic rings. The van der Waals surface area contributed by atoms with Crippen molar-refractivity contribution < 1.29 is 0 Å². The first-order valence-corrected chi connectivity index (χ1v) is 17.1. The molecule has 2 nitrogen and oxygen atoms in total. The molecule has 0 amide bonds. The third-order valence-electron chi connectivity index (χ3n) is 8.46. The predicted molar refractivity (Wildman–Crippen MR) is 168 cm³/mol. The lowest BCUT2D eigenvalue weighted by Gasteiger charge is -2.26. The van der Waals surface area contributed by atoms with Crippen molar-refractivity contribution in [2.75, 3.05) is 0 Å². The Morgan fingerprint density at radius 1 is 0.459 bits per heavy atom. The standard InChI is InChI=1S/C35H68N2/c1-5-7-9-11-13-15-17-19-21-23-25-28-32(3)36-34-30-27-31-35(34)37-33(4)29-26-24-22-20-18-16-14-12-10-8-6-2/h34-37H,3-31H2,1-2H3/t34-,35+. The third kappa shape index (κ3) is 20.7. The Labute approximate surface area is 234 Å². The second-order valence-corrected chi connectivity index (χ2v) is 12.2. The van der Waals surface area contributed by atoms with Crippen LogP contribution >= 0.6 is 0 Å². The quantitative estimate of drug-likeness (QED) is 0.101. The highest BCUT2D eigenvalue weighted by Gasteiger charge is 2.27. The van der Waals surface area contributed by atoms with E-state index in [2.05, 4.69) is 37.6 Å². The molecule has 37 heavy (non-hydrogen) atoms. The summed E-state index contributed by atoms with van der Waals surface area (Å²) in [6, 6.07) is 1.07. The first kappa shape index (κ1) is 34.1. The minimum Gasteiger partial charge on any atom is -0.384 e. The zero-order chi connectivity index (χ0) is 26.8. The molecule has 2 N–H and O–H groups in total. The molecular formula is C35H68N2. The van der Waals surface area contributed by atoms with Crippen LogP contribution in [0.25, 0.3) is 0 Å². The summed E-state index contributed by atoms with van der Waals surface area (Å²) in [5, 5.41) is 7.57.